The van der Waals surface area contributed by atoms with E-state index in [0.29, 0.717) is 5.02 Å². The average Bonchev–Trinajstić information content (AvgIpc) is 2.43. The van der Waals surface area contributed by atoms with E-state index in [0.717, 1.165) is 6.07 Å². The minimum Gasteiger partial charge on any atom is -0.278 e. The number of nitro benzene ring substituents is 1. The molecule has 1 N–H and O–H groups in total. The lowest BCUT2D eigenvalue weighted by Gasteiger charge is -2.09. The van der Waals surface area contributed by atoms with Crippen molar-refractivity contribution < 1.29 is 13.3 Å². The number of hydrogen-bond acceptors (Lipinski definition) is 4. The topological polar surface area (TPSA) is 89.3 Å². The highest BCUT2D eigenvalue weighted by Crippen LogP contribution is 2.28. The fourth-order valence-electron chi connectivity index (χ4n) is 1.54. The van der Waals surface area contributed by atoms with Crippen molar-refractivity contribution in [3.8, 4) is 0 Å². The summed E-state index contributed by atoms with van der Waals surface area (Å²) in [6.07, 6.45) is 0. The number of nitro groups is 1. The maximum Gasteiger partial charge on any atom is 0.270 e. The van der Waals surface area contributed by atoms with E-state index in [4.69, 9.17) is 23.2 Å². The van der Waals surface area contributed by atoms with Crippen molar-refractivity contribution in [3.63, 3.8) is 0 Å². The molecule has 21 heavy (non-hydrogen) atoms. The highest BCUT2D eigenvalue weighted by molar-refractivity contribution is 7.92. The number of rotatable bonds is 4. The van der Waals surface area contributed by atoms with Crippen LogP contribution in [0.3, 0.4) is 0 Å². The van der Waals surface area contributed by atoms with Gasteiger partial charge in [0.15, 0.2) is 0 Å². The van der Waals surface area contributed by atoms with Gasteiger partial charge in [0, 0.05) is 17.2 Å². The average molecular weight is 347 g/mol. The Hall–Kier alpha value is -1.83. The monoisotopic (exact) mass is 346 g/mol. The van der Waals surface area contributed by atoms with Gasteiger partial charge in [0.1, 0.15) is 0 Å². The van der Waals surface area contributed by atoms with Crippen LogP contribution in [0, 0.1) is 10.1 Å². The summed E-state index contributed by atoms with van der Waals surface area (Å²) in [7, 11) is -4.01. The van der Waals surface area contributed by atoms with E-state index in [1.54, 1.807) is 0 Å². The lowest BCUT2D eigenvalue weighted by Crippen LogP contribution is -2.13. The van der Waals surface area contributed by atoms with Crippen molar-refractivity contribution in [1.29, 1.82) is 0 Å². The molecule has 0 aromatic heterocycles. The molecule has 2 aromatic rings. The fourth-order valence-corrected chi connectivity index (χ4v) is 3.05. The van der Waals surface area contributed by atoms with E-state index < -0.39 is 14.9 Å². The molecule has 0 atom stereocenters. The van der Waals surface area contributed by atoms with Gasteiger partial charge < -0.3 is 0 Å². The summed E-state index contributed by atoms with van der Waals surface area (Å²) >= 11 is 11.7. The van der Waals surface area contributed by atoms with Gasteiger partial charge in [0.25, 0.3) is 15.7 Å². The summed E-state index contributed by atoms with van der Waals surface area (Å²) in [4.78, 5) is 9.77. The van der Waals surface area contributed by atoms with E-state index in [-0.39, 0.29) is 21.3 Å². The Morgan fingerprint density at radius 1 is 1.10 bits per heavy atom. The third kappa shape index (κ3) is 3.63. The van der Waals surface area contributed by atoms with Crippen LogP contribution >= 0.6 is 23.2 Å². The van der Waals surface area contributed by atoms with Crippen LogP contribution in [0.5, 0.6) is 0 Å². The second kappa shape index (κ2) is 5.88. The Bertz CT molecular complexity index is 809. The van der Waals surface area contributed by atoms with Gasteiger partial charge in [0.05, 0.1) is 20.5 Å². The molecule has 0 aliphatic rings. The molecule has 0 radical (unpaired) electrons. The zero-order chi connectivity index (χ0) is 15.6. The third-order valence-corrected chi connectivity index (χ3v) is 4.44. The van der Waals surface area contributed by atoms with Gasteiger partial charge in [-0.2, -0.15) is 0 Å². The molecule has 110 valence electrons. The molecule has 0 fully saturated rings. The predicted octanol–water partition coefficient (Wildman–Crippen LogP) is 3.70. The first-order chi connectivity index (χ1) is 9.79. The summed E-state index contributed by atoms with van der Waals surface area (Å²) in [5.74, 6) is 0. The van der Waals surface area contributed by atoms with E-state index in [1.165, 1.54) is 36.4 Å². The fraction of sp³-hybridized carbons (Fsp3) is 0. The van der Waals surface area contributed by atoms with Gasteiger partial charge in [-0.15, -0.1) is 0 Å². The van der Waals surface area contributed by atoms with Crippen LogP contribution in [-0.4, -0.2) is 13.3 Å². The molecule has 9 heteroatoms. The van der Waals surface area contributed by atoms with E-state index >= 15 is 0 Å². The van der Waals surface area contributed by atoms with E-state index in [1.807, 2.05) is 0 Å². The molecule has 0 unspecified atom stereocenters. The number of non-ortho nitro benzene ring substituents is 1. The molecular formula is C12H8Cl2N2O4S. The molecule has 2 aromatic carbocycles. The van der Waals surface area contributed by atoms with Gasteiger partial charge in [-0.25, -0.2) is 8.42 Å². The quantitative estimate of drug-likeness (QED) is 0.674. The second-order valence-electron chi connectivity index (χ2n) is 3.98. The Kier molecular flexibility index (Phi) is 4.36. The van der Waals surface area contributed by atoms with Crippen molar-refractivity contribution in [2.45, 2.75) is 4.90 Å². The Morgan fingerprint density at radius 2 is 1.81 bits per heavy atom. The summed E-state index contributed by atoms with van der Waals surface area (Å²) < 4.78 is 26.7. The normalized spacial score (nSPS) is 11.1. The lowest BCUT2D eigenvalue weighted by molar-refractivity contribution is -0.385. The van der Waals surface area contributed by atoms with Gasteiger partial charge in [-0.3, -0.25) is 14.8 Å². The van der Waals surface area contributed by atoms with Crippen LogP contribution in [-0.2, 0) is 10.0 Å². The summed E-state index contributed by atoms with van der Waals surface area (Å²) in [5, 5.41) is 11.2. The molecule has 0 heterocycles. The maximum absolute atomic E-state index is 12.2. The molecular weight excluding hydrogens is 339 g/mol. The SMILES string of the molecule is O=[N+]([O-])c1cccc(S(=O)(=O)Nc2cc(Cl)ccc2Cl)c1. The van der Waals surface area contributed by atoms with Crippen LogP contribution in [0.1, 0.15) is 0 Å². The van der Waals surface area contributed by atoms with Gasteiger partial charge in [-0.05, 0) is 24.3 Å². The zero-order valence-corrected chi connectivity index (χ0v) is 12.6. The first-order valence-electron chi connectivity index (χ1n) is 5.52. The lowest BCUT2D eigenvalue weighted by atomic mass is 10.3. The first kappa shape index (κ1) is 15.6. The van der Waals surface area contributed by atoms with Crippen molar-refractivity contribution in [2.75, 3.05) is 4.72 Å². The number of benzene rings is 2. The summed E-state index contributed by atoms with van der Waals surface area (Å²) in [5.41, 5.74) is -0.231. The molecule has 0 aliphatic carbocycles. The van der Waals surface area contributed by atoms with Crippen molar-refractivity contribution in [2.24, 2.45) is 0 Å². The standard InChI is InChI=1S/C12H8Cl2N2O4S/c13-8-4-5-11(14)12(6-8)15-21(19,20)10-3-1-2-9(7-10)16(17)18/h1-7,15H. The maximum atomic E-state index is 12.2. The molecule has 0 aliphatic heterocycles. The van der Waals surface area contributed by atoms with Gasteiger partial charge >= 0.3 is 0 Å². The van der Waals surface area contributed by atoms with Crippen molar-refractivity contribution in [3.05, 3.63) is 62.6 Å². The van der Waals surface area contributed by atoms with Crippen LogP contribution in [0.4, 0.5) is 11.4 Å². The number of hydrogen-bond donors (Lipinski definition) is 1. The zero-order valence-electron chi connectivity index (χ0n) is 10.3. The van der Waals surface area contributed by atoms with Crippen molar-refractivity contribution in [1.82, 2.24) is 0 Å². The predicted molar refractivity (Wildman–Crippen MR) is 80.4 cm³/mol. The summed E-state index contributed by atoms with van der Waals surface area (Å²) in [6.45, 7) is 0. The molecule has 0 bridgehead atoms. The second-order valence-corrected chi connectivity index (χ2v) is 6.51. The van der Waals surface area contributed by atoms with E-state index in [2.05, 4.69) is 4.72 Å². The number of nitrogens with zero attached hydrogens (tertiary/aromatic N) is 1. The van der Waals surface area contributed by atoms with E-state index in [9.17, 15) is 18.5 Å². The van der Waals surface area contributed by atoms with Crippen LogP contribution in [0.15, 0.2) is 47.4 Å². The van der Waals surface area contributed by atoms with Crippen LogP contribution < -0.4 is 4.72 Å². The Labute approximate surface area is 130 Å². The molecule has 2 rings (SSSR count). The van der Waals surface area contributed by atoms with Crippen LogP contribution in [0.2, 0.25) is 10.0 Å². The number of nitrogens with one attached hydrogen (secondary N) is 1. The number of anilines is 1. The van der Waals surface area contributed by atoms with Gasteiger partial charge in [0.2, 0.25) is 0 Å². The highest BCUT2D eigenvalue weighted by Gasteiger charge is 2.19. The Morgan fingerprint density at radius 3 is 2.48 bits per heavy atom. The van der Waals surface area contributed by atoms with Gasteiger partial charge in [-0.1, -0.05) is 29.3 Å². The van der Waals surface area contributed by atoms with Crippen molar-refractivity contribution >= 4 is 44.6 Å². The first-order valence-corrected chi connectivity index (χ1v) is 7.76. The smallest absolute Gasteiger partial charge is 0.270 e. The third-order valence-electron chi connectivity index (χ3n) is 2.51. The summed E-state index contributed by atoms with van der Waals surface area (Å²) in [6, 6.07) is 8.98. The largest absolute Gasteiger partial charge is 0.278 e. The molecule has 6 nitrogen and oxygen atoms in total. The minimum absolute atomic E-state index is 0.0932. The minimum atomic E-state index is -4.01. The molecule has 0 spiro atoms. The molecule has 0 saturated carbocycles. The number of sulfonamides is 1. The number of halogens is 2. The molecule has 0 amide bonds. The van der Waals surface area contributed by atoms with Crippen LogP contribution in [0.25, 0.3) is 0 Å². The highest BCUT2D eigenvalue weighted by atomic mass is 35.5. The molecule has 0 saturated heterocycles. The Balaban J connectivity index is 2.41.